The van der Waals surface area contributed by atoms with E-state index in [1.807, 2.05) is 0 Å². The lowest BCUT2D eigenvalue weighted by Crippen LogP contribution is -2.21. The number of hydrogen-bond donors (Lipinski definition) is 1. The summed E-state index contributed by atoms with van der Waals surface area (Å²) in [5, 5.41) is 2.94. The maximum absolute atomic E-state index is 12.0. The first-order valence-electron chi connectivity index (χ1n) is 4.33. The fourth-order valence-corrected chi connectivity index (χ4v) is 1.31. The van der Waals surface area contributed by atoms with Crippen molar-refractivity contribution in [2.45, 2.75) is 6.18 Å². The molecule has 2 aromatic rings. The number of alkyl halides is 3. The summed E-state index contributed by atoms with van der Waals surface area (Å²) >= 11 is 0. The summed E-state index contributed by atoms with van der Waals surface area (Å²) in [6.45, 7) is -1.06. The molecule has 1 aromatic carbocycles. The quantitative estimate of drug-likeness (QED) is 0.830. The standard InChI is InChI=1S/C10H8F3NO/c11-10(12,13)6-14-8-5-15-9-4-2-1-3-7(8)9/h1-5,14H,6H2. The SMILES string of the molecule is FC(F)(F)CNc1coc2ccccc12. The Bertz CT molecular complexity index is 461. The lowest BCUT2D eigenvalue weighted by Gasteiger charge is -2.07. The summed E-state index contributed by atoms with van der Waals surface area (Å²) in [5.74, 6) is 0. The van der Waals surface area contributed by atoms with Crippen LogP contribution >= 0.6 is 0 Å². The molecule has 0 fully saturated rings. The van der Waals surface area contributed by atoms with Crippen molar-refractivity contribution in [3.05, 3.63) is 30.5 Å². The van der Waals surface area contributed by atoms with Crippen LogP contribution in [-0.4, -0.2) is 12.7 Å². The van der Waals surface area contributed by atoms with Crippen LogP contribution in [0.4, 0.5) is 18.9 Å². The van der Waals surface area contributed by atoms with E-state index in [4.69, 9.17) is 4.42 Å². The van der Waals surface area contributed by atoms with Gasteiger partial charge in [-0.2, -0.15) is 13.2 Å². The fourth-order valence-electron chi connectivity index (χ4n) is 1.31. The molecular formula is C10H8F3NO. The van der Waals surface area contributed by atoms with Crippen molar-refractivity contribution >= 4 is 16.7 Å². The Labute approximate surface area is 83.7 Å². The van der Waals surface area contributed by atoms with Crippen molar-refractivity contribution in [1.29, 1.82) is 0 Å². The van der Waals surface area contributed by atoms with Gasteiger partial charge in [-0.05, 0) is 12.1 Å². The topological polar surface area (TPSA) is 25.2 Å². The smallest absolute Gasteiger partial charge is 0.405 e. The van der Waals surface area contributed by atoms with E-state index in [2.05, 4.69) is 5.32 Å². The molecule has 0 unspecified atom stereocenters. The van der Waals surface area contributed by atoms with Gasteiger partial charge in [0.1, 0.15) is 18.4 Å². The molecule has 0 aliphatic heterocycles. The third kappa shape index (κ3) is 2.23. The highest BCUT2D eigenvalue weighted by molar-refractivity contribution is 5.90. The Balaban J connectivity index is 2.22. The van der Waals surface area contributed by atoms with Crippen LogP contribution in [0.3, 0.4) is 0 Å². The van der Waals surface area contributed by atoms with Crippen LogP contribution in [0.25, 0.3) is 11.0 Å². The lowest BCUT2D eigenvalue weighted by molar-refractivity contribution is -0.115. The molecule has 0 atom stereocenters. The molecular weight excluding hydrogens is 207 g/mol. The molecule has 2 nitrogen and oxygen atoms in total. The molecule has 0 saturated carbocycles. The number of furan rings is 1. The van der Waals surface area contributed by atoms with E-state index in [9.17, 15) is 13.2 Å². The molecule has 0 bridgehead atoms. The minimum absolute atomic E-state index is 0.364. The molecule has 0 saturated heterocycles. The van der Waals surface area contributed by atoms with Gasteiger partial charge in [-0.1, -0.05) is 12.1 Å². The predicted molar refractivity (Wildman–Crippen MR) is 50.8 cm³/mol. The summed E-state index contributed by atoms with van der Waals surface area (Å²) < 4.78 is 40.9. The Morgan fingerprint density at radius 2 is 1.93 bits per heavy atom. The zero-order chi connectivity index (χ0) is 10.9. The number of halogens is 3. The molecule has 0 aliphatic carbocycles. The second kappa shape index (κ2) is 3.49. The molecule has 80 valence electrons. The van der Waals surface area contributed by atoms with Crippen LogP contribution in [0.15, 0.2) is 34.9 Å². The molecule has 0 radical (unpaired) electrons. The Kier molecular flexibility index (Phi) is 2.30. The van der Waals surface area contributed by atoms with E-state index in [1.54, 1.807) is 24.3 Å². The Hall–Kier alpha value is -1.65. The van der Waals surface area contributed by atoms with Crippen molar-refractivity contribution in [2.75, 3.05) is 11.9 Å². The molecule has 0 aliphatic rings. The maximum atomic E-state index is 12.0. The first-order valence-corrected chi connectivity index (χ1v) is 4.33. The number of anilines is 1. The number of benzene rings is 1. The summed E-state index contributed by atoms with van der Waals surface area (Å²) in [5.41, 5.74) is 0.935. The van der Waals surface area contributed by atoms with Crippen LogP contribution in [0, 0.1) is 0 Å². The highest BCUT2D eigenvalue weighted by atomic mass is 19.4. The van der Waals surface area contributed by atoms with Gasteiger partial charge in [0.2, 0.25) is 0 Å². The first kappa shape index (κ1) is 9.89. The molecule has 1 N–H and O–H groups in total. The zero-order valence-corrected chi connectivity index (χ0v) is 7.64. The van der Waals surface area contributed by atoms with E-state index >= 15 is 0 Å². The minimum Gasteiger partial charge on any atom is -0.462 e. The van der Waals surface area contributed by atoms with Crippen LogP contribution in [-0.2, 0) is 0 Å². The largest absolute Gasteiger partial charge is 0.462 e. The second-order valence-corrected chi connectivity index (χ2v) is 3.11. The fraction of sp³-hybridized carbons (Fsp3) is 0.200. The number of rotatable bonds is 2. The lowest BCUT2D eigenvalue weighted by atomic mass is 10.2. The number of para-hydroxylation sites is 1. The van der Waals surface area contributed by atoms with Gasteiger partial charge in [0.25, 0.3) is 0 Å². The third-order valence-corrected chi connectivity index (χ3v) is 1.96. The average Bonchev–Trinajstić information content (AvgIpc) is 2.57. The van der Waals surface area contributed by atoms with Gasteiger partial charge in [-0.15, -0.1) is 0 Å². The molecule has 0 amide bonds. The van der Waals surface area contributed by atoms with Gasteiger partial charge in [0.05, 0.1) is 5.69 Å². The highest BCUT2D eigenvalue weighted by Crippen LogP contribution is 2.26. The zero-order valence-electron chi connectivity index (χ0n) is 7.64. The Morgan fingerprint density at radius 3 is 2.67 bits per heavy atom. The van der Waals surface area contributed by atoms with E-state index in [0.29, 0.717) is 16.7 Å². The van der Waals surface area contributed by atoms with Gasteiger partial charge in [-0.3, -0.25) is 0 Å². The third-order valence-electron chi connectivity index (χ3n) is 1.96. The molecule has 1 heterocycles. The summed E-state index contributed by atoms with van der Waals surface area (Å²) in [7, 11) is 0. The van der Waals surface area contributed by atoms with E-state index < -0.39 is 12.7 Å². The van der Waals surface area contributed by atoms with Crippen LogP contribution in [0.2, 0.25) is 0 Å². The van der Waals surface area contributed by atoms with E-state index in [0.717, 1.165) is 0 Å². The summed E-state index contributed by atoms with van der Waals surface area (Å²) in [6, 6.07) is 6.92. The molecule has 5 heteroatoms. The van der Waals surface area contributed by atoms with Gasteiger partial charge in [0.15, 0.2) is 0 Å². The summed E-state index contributed by atoms with van der Waals surface area (Å²) in [6.07, 6.45) is -2.94. The average molecular weight is 215 g/mol. The predicted octanol–water partition coefficient (Wildman–Crippen LogP) is 3.41. The van der Waals surface area contributed by atoms with Crippen LogP contribution < -0.4 is 5.32 Å². The van der Waals surface area contributed by atoms with Crippen LogP contribution in [0.1, 0.15) is 0 Å². The number of nitrogens with one attached hydrogen (secondary N) is 1. The van der Waals surface area contributed by atoms with Crippen LogP contribution in [0.5, 0.6) is 0 Å². The normalized spacial score (nSPS) is 11.9. The maximum Gasteiger partial charge on any atom is 0.405 e. The molecule has 15 heavy (non-hydrogen) atoms. The minimum atomic E-state index is -4.22. The molecule has 1 aromatic heterocycles. The van der Waals surface area contributed by atoms with E-state index in [-0.39, 0.29) is 0 Å². The van der Waals surface area contributed by atoms with Crippen molar-refractivity contribution in [3.8, 4) is 0 Å². The molecule has 2 rings (SSSR count). The number of hydrogen-bond acceptors (Lipinski definition) is 2. The van der Waals surface area contributed by atoms with Gasteiger partial charge < -0.3 is 9.73 Å². The van der Waals surface area contributed by atoms with Gasteiger partial charge in [0, 0.05) is 5.39 Å². The highest BCUT2D eigenvalue weighted by Gasteiger charge is 2.27. The molecule has 0 spiro atoms. The number of fused-ring (bicyclic) bond motifs is 1. The second-order valence-electron chi connectivity index (χ2n) is 3.11. The first-order chi connectivity index (χ1) is 7.06. The van der Waals surface area contributed by atoms with Crippen molar-refractivity contribution in [1.82, 2.24) is 0 Å². The van der Waals surface area contributed by atoms with Crippen molar-refractivity contribution in [3.63, 3.8) is 0 Å². The monoisotopic (exact) mass is 215 g/mol. The Morgan fingerprint density at radius 1 is 1.20 bits per heavy atom. The van der Waals surface area contributed by atoms with Gasteiger partial charge in [-0.25, -0.2) is 0 Å². The van der Waals surface area contributed by atoms with Crippen molar-refractivity contribution in [2.24, 2.45) is 0 Å². The summed E-state index contributed by atoms with van der Waals surface area (Å²) in [4.78, 5) is 0. The van der Waals surface area contributed by atoms with Crippen molar-refractivity contribution < 1.29 is 17.6 Å². The van der Waals surface area contributed by atoms with Gasteiger partial charge >= 0.3 is 6.18 Å². The van der Waals surface area contributed by atoms with E-state index in [1.165, 1.54) is 6.26 Å².